The number of para-hydroxylation sites is 1. The van der Waals surface area contributed by atoms with E-state index in [1.807, 2.05) is 73.2 Å². The predicted octanol–water partition coefficient (Wildman–Crippen LogP) is 7.86. The summed E-state index contributed by atoms with van der Waals surface area (Å²) >= 11 is 3.28. The zero-order valence-electron chi connectivity index (χ0n) is 17.6. The molecule has 0 bridgehead atoms. The van der Waals surface area contributed by atoms with Crippen LogP contribution in [0.25, 0.3) is 0 Å². The van der Waals surface area contributed by atoms with Crippen molar-refractivity contribution in [3.8, 4) is 11.5 Å². The van der Waals surface area contributed by atoms with Crippen molar-refractivity contribution in [3.63, 3.8) is 0 Å². The Morgan fingerprint density at radius 3 is 2.50 bits per heavy atom. The maximum absolute atomic E-state index is 6.17. The van der Waals surface area contributed by atoms with E-state index in [1.165, 1.54) is 0 Å². The van der Waals surface area contributed by atoms with E-state index in [4.69, 9.17) is 4.74 Å². The van der Waals surface area contributed by atoms with E-state index < -0.39 is 0 Å². The normalized spacial score (nSPS) is 11.1. The molecule has 4 rings (SSSR count). The van der Waals surface area contributed by atoms with Crippen LogP contribution in [0.5, 0.6) is 11.5 Å². The van der Waals surface area contributed by atoms with Gasteiger partial charge in [0.1, 0.15) is 5.75 Å². The number of aryl methyl sites for hydroxylation is 1. The SMILES string of the molecule is CCC(Sc1cnc(Nc2nc(C)cs2)c(Oc2ccccc2)c1)c1ccccn1.Cl.Cl. The third-order valence-electron chi connectivity index (χ3n) is 4.31. The average molecular weight is 508 g/mol. The van der Waals surface area contributed by atoms with Crippen LogP contribution in [0.4, 0.5) is 10.9 Å². The Hall–Kier alpha value is -2.32. The van der Waals surface area contributed by atoms with Crippen molar-refractivity contribution in [2.75, 3.05) is 5.32 Å². The molecule has 1 atom stereocenters. The molecule has 0 aliphatic carbocycles. The van der Waals surface area contributed by atoms with Crippen LogP contribution in [0.15, 0.2) is 77.3 Å². The molecule has 3 heterocycles. The number of ether oxygens (including phenoxy) is 1. The molecule has 0 fully saturated rings. The van der Waals surface area contributed by atoms with Gasteiger partial charge in [-0.2, -0.15) is 0 Å². The molecule has 1 aromatic carbocycles. The van der Waals surface area contributed by atoms with Crippen LogP contribution < -0.4 is 10.1 Å². The van der Waals surface area contributed by atoms with Gasteiger partial charge in [-0.3, -0.25) is 4.98 Å². The average Bonchev–Trinajstić information content (AvgIpc) is 3.19. The first-order chi connectivity index (χ1) is 14.7. The van der Waals surface area contributed by atoms with Crippen molar-refractivity contribution in [2.45, 2.75) is 30.4 Å². The summed E-state index contributed by atoms with van der Waals surface area (Å²) in [5, 5.41) is 6.33. The number of aromatic nitrogens is 3. The molecule has 0 saturated carbocycles. The van der Waals surface area contributed by atoms with E-state index in [1.54, 1.807) is 23.1 Å². The quantitative estimate of drug-likeness (QED) is 0.245. The Morgan fingerprint density at radius 1 is 1.06 bits per heavy atom. The number of hydrogen-bond acceptors (Lipinski definition) is 7. The van der Waals surface area contributed by atoms with Gasteiger partial charge in [0.2, 0.25) is 0 Å². The highest BCUT2D eigenvalue weighted by Crippen LogP contribution is 2.40. The van der Waals surface area contributed by atoms with Gasteiger partial charge < -0.3 is 10.1 Å². The first kappa shape index (κ1) is 25.9. The van der Waals surface area contributed by atoms with Crippen molar-refractivity contribution in [1.29, 1.82) is 0 Å². The molecule has 4 aromatic rings. The van der Waals surface area contributed by atoms with Gasteiger partial charge >= 0.3 is 0 Å². The van der Waals surface area contributed by atoms with Gasteiger partial charge in [0.05, 0.1) is 16.6 Å². The maximum atomic E-state index is 6.17. The standard InChI is InChI=1S/C23H22N4OS2.2ClH/c1-3-21(19-11-7-8-12-24-19)30-18-13-20(28-17-9-5-4-6-10-17)22(25-14-18)27-23-26-16(2)15-29-23;;/h4-15,21H,3H2,1-2H3,(H,25,26,27);2*1H. The van der Waals surface area contributed by atoms with E-state index in [-0.39, 0.29) is 30.1 Å². The van der Waals surface area contributed by atoms with Crippen molar-refractivity contribution >= 4 is 58.9 Å². The van der Waals surface area contributed by atoms with Crippen LogP contribution in [0.2, 0.25) is 0 Å². The molecule has 1 N–H and O–H groups in total. The Balaban J connectivity index is 0.00000181. The summed E-state index contributed by atoms with van der Waals surface area (Å²) in [7, 11) is 0. The number of rotatable bonds is 8. The van der Waals surface area contributed by atoms with Gasteiger partial charge in [-0.05, 0) is 43.7 Å². The Labute approximate surface area is 208 Å². The molecule has 0 spiro atoms. The highest BCUT2D eigenvalue weighted by atomic mass is 35.5. The van der Waals surface area contributed by atoms with Crippen molar-refractivity contribution in [2.24, 2.45) is 0 Å². The summed E-state index contributed by atoms with van der Waals surface area (Å²) in [6.07, 6.45) is 4.68. The molecule has 32 heavy (non-hydrogen) atoms. The number of halogens is 2. The minimum atomic E-state index is 0. The summed E-state index contributed by atoms with van der Waals surface area (Å²) in [6.45, 7) is 4.14. The lowest BCUT2D eigenvalue weighted by atomic mass is 10.2. The molecule has 0 amide bonds. The lowest BCUT2D eigenvalue weighted by Crippen LogP contribution is -1.99. The largest absolute Gasteiger partial charge is 0.453 e. The van der Waals surface area contributed by atoms with Gasteiger partial charge in [0, 0.05) is 22.7 Å². The predicted molar refractivity (Wildman–Crippen MR) is 139 cm³/mol. The smallest absolute Gasteiger partial charge is 0.188 e. The number of anilines is 2. The number of nitrogens with zero attached hydrogens (tertiary/aromatic N) is 3. The minimum absolute atomic E-state index is 0. The number of pyridine rings is 2. The zero-order chi connectivity index (χ0) is 20.8. The molecule has 0 aliphatic heterocycles. The third kappa shape index (κ3) is 6.84. The first-order valence-electron chi connectivity index (χ1n) is 9.71. The fraction of sp³-hybridized carbons (Fsp3) is 0.174. The lowest BCUT2D eigenvalue weighted by molar-refractivity contribution is 0.481. The second-order valence-corrected chi connectivity index (χ2v) is 8.76. The maximum Gasteiger partial charge on any atom is 0.188 e. The van der Waals surface area contributed by atoms with E-state index in [0.717, 1.165) is 33.6 Å². The number of thiazole rings is 1. The van der Waals surface area contributed by atoms with E-state index in [2.05, 4.69) is 33.3 Å². The fourth-order valence-corrected chi connectivity index (χ4v) is 4.61. The Kier molecular flexibility index (Phi) is 10.3. The molecule has 3 aromatic heterocycles. The molecule has 1 unspecified atom stereocenters. The van der Waals surface area contributed by atoms with Crippen LogP contribution in [-0.2, 0) is 0 Å². The second kappa shape index (κ2) is 12.6. The van der Waals surface area contributed by atoms with Gasteiger partial charge in [0.15, 0.2) is 16.7 Å². The highest BCUT2D eigenvalue weighted by molar-refractivity contribution is 7.99. The van der Waals surface area contributed by atoms with Crippen molar-refractivity contribution in [1.82, 2.24) is 15.0 Å². The van der Waals surface area contributed by atoms with E-state index in [9.17, 15) is 0 Å². The highest BCUT2D eigenvalue weighted by Gasteiger charge is 2.16. The van der Waals surface area contributed by atoms with Gasteiger partial charge in [0.25, 0.3) is 0 Å². The summed E-state index contributed by atoms with van der Waals surface area (Å²) in [6, 6.07) is 17.8. The number of nitrogens with one attached hydrogen (secondary N) is 1. The lowest BCUT2D eigenvalue weighted by Gasteiger charge is -2.16. The summed E-state index contributed by atoms with van der Waals surface area (Å²) < 4.78 is 6.17. The minimum Gasteiger partial charge on any atom is -0.453 e. The number of thioether (sulfide) groups is 1. The molecule has 168 valence electrons. The van der Waals surface area contributed by atoms with Crippen LogP contribution in [-0.4, -0.2) is 15.0 Å². The molecule has 5 nitrogen and oxygen atoms in total. The van der Waals surface area contributed by atoms with E-state index >= 15 is 0 Å². The van der Waals surface area contributed by atoms with Crippen LogP contribution >= 0.6 is 47.9 Å². The Bertz CT molecular complexity index is 1100. The Morgan fingerprint density at radius 2 is 1.84 bits per heavy atom. The van der Waals surface area contributed by atoms with Crippen molar-refractivity contribution < 1.29 is 4.74 Å². The molecule has 0 aliphatic rings. The summed E-state index contributed by atoms with van der Waals surface area (Å²) in [5.41, 5.74) is 2.04. The zero-order valence-corrected chi connectivity index (χ0v) is 20.9. The van der Waals surface area contributed by atoms with Crippen LogP contribution in [0, 0.1) is 6.92 Å². The van der Waals surface area contributed by atoms with E-state index in [0.29, 0.717) is 11.6 Å². The number of benzene rings is 1. The van der Waals surface area contributed by atoms with Crippen LogP contribution in [0.1, 0.15) is 30.0 Å². The molecular formula is C23H24Cl2N4OS2. The summed E-state index contributed by atoms with van der Waals surface area (Å²) in [5.74, 6) is 2.06. The van der Waals surface area contributed by atoms with Crippen LogP contribution in [0.3, 0.4) is 0 Å². The molecular weight excluding hydrogens is 483 g/mol. The third-order valence-corrected chi connectivity index (χ3v) is 6.54. The molecule has 0 radical (unpaired) electrons. The molecule has 9 heteroatoms. The first-order valence-corrected chi connectivity index (χ1v) is 11.5. The van der Waals surface area contributed by atoms with Gasteiger partial charge in [-0.1, -0.05) is 31.2 Å². The van der Waals surface area contributed by atoms with Crippen molar-refractivity contribution in [3.05, 3.63) is 83.8 Å². The monoisotopic (exact) mass is 506 g/mol. The topological polar surface area (TPSA) is 59.9 Å². The molecule has 0 saturated heterocycles. The fourth-order valence-electron chi connectivity index (χ4n) is 2.87. The van der Waals surface area contributed by atoms with Gasteiger partial charge in [-0.15, -0.1) is 47.9 Å². The number of hydrogen-bond donors (Lipinski definition) is 1. The second-order valence-electron chi connectivity index (χ2n) is 6.62. The van der Waals surface area contributed by atoms with Gasteiger partial charge in [-0.25, -0.2) is 9.97 Å². The summed E-state index contributed by atoms with van der Waals surface area (Å²) in [4.78, 5) is 14.7.